The molecule has 0 aromatic carbocycles. The lowest BCUT2D eigenvalue weighted by molar-refractivity contribution is -0.0324. The van der Waals surface area contributed by atoms with Gasteiger partial charge in [0.05, 0.1) is 6.20 Å². The molecule has 1 unspecified atom stereocenters. The molecule has 5 nitrogen and oxygen atoms in total. The Kier molecular flexibility index (Phi) is 2.28. The van der Waals surface area contributed by atoms with Crippen molar-refractivity contribution in [3.8, 4) is 0 Å². The molecule has 0 aliphatic heterocycles. The molecule has 2 rings (SSSR count). The van der Waals surface area contributed by atoms with Crippen LogP contribution in [-0.4, -0.2) is 26.6 Å². The van der Waals surface area contributed by atoms with Crippen LogP contribution in [0.5, 0.6) is 0 Å². The lowest BCUT2D eigenvalue weighted by Gasteiger charge is -2.43. The highest BCUT2D eigenvalue weighted by atomic mass is 16.3. The molecule has 1 atom stereocenters. The Hall–Kier alpha value is -0.940. The summed E-state index contributed by atoms with van der Waals surface area (Å²) in [5.74, 6) is 0. The molecule has 0 radical (unpaired) electrons. The largest absolute Gasteiger partial charge is 0.386 e. The SMILES string of the molecule is Cn1ncc(C(O)C2(CN)CCC2)n1. The van der Waals surface area contributed by atoms with Crippen molar-refractivity contribution in [1.82, 2.24) is 15.0 Å². The fourth-order valence-electron chi connectivity index (χ4n) is 2.02. The first-order valence-corrected chi connectivity index (χ1v) is 4.92. The molecule has 1 fully saturated rings. The molecule has 1 aliphatic rings. The van der Waals surface area contributed by atoms with Crippen LogP contribution in [0.1, 0.15) is 31.1 Å². The lowest BCUT2D eigenvalue weighted by Crippen LogP contribution is -2.42. The molecular formula is C9H16N4O. The van der Waals surface area contributed by atoms with Gasteiger partial charge in [0.2, 0.25) is 0 Å². The minimum Gasteiger partial charge on any atom is -0.386 e. The summed E-state index contributed by atoms with van der Waals surface area (Å²) in [4.78, 5) is 1.46. The molecule has 78 valence electrons. The second-order valence-electron chi connectivity index (χ2n) is 4.08. The maximum absolute atomic E-state index is 10.1. The van der Waals surface area contributed by atoms with Gasteiger partial charge < -0.3 is 10.8 Å². The predicted octanol–water partition coefficient (Wildman–Crippen LogP) is -0.0225. The van der Waals surface area contributed by atoms with Crippen LogP contribution in [0.15, 0.2) is 6.20 Å². The van der Waals surface area contributed by atoms with E-state index in [1.54, 1.807) is 13.2 Å². The first-order valence-electron chi connectivity index (χ1n) is 4.92. The van der Waals surface area contributed by atoms with Gasteiger partial charge in [-0.3, -0.25) is 0 Å². The average molecular weight is 196 g/mol. The van der Waals surface area contributed by atoms with Gasteiger partial charge in [0.15, 0.2) is 0 Å². The number of nitrogens with zero attached hydrogens (tertiary/aromatic N) is 3. The number of aliphatic hydroxyl groups excluding tert-OH is 1. The third kappa shape index (κ3) is 1.33. The van der Waals surface area contributed by atoms with Gasteiger partial charge in [0.25, 0.3) is 0 Å². The molecule has 14 heavy (non-hydrogen) atoms. The van der Waals surface area contributed by atoms with Gasteiger partial charge in [-0.05, 0) is 12.8 Å². The normalized spacial score (nSPS) is 21.6. The summed E-state index contributed by atoms with van der Waals surface area (Å²) >= 11 is 0. The van der Waals surface area contributed by atoms with E-state index in [-0.39, 0.29) is 5.41 Å². The van der Waals surface area contributed by atoms with Crippen molar-refractivity contribution in [2.75, 3.05) is 6.54 Å². The summed E-state index contributed by atoms with van der Waals surface area (Å²) in [7, 11) is 1.74. The van der Waals surface area contributed by atoms with Crippen LogP contribution in [0, 0.1) is 5.41 Å². The van der Waals surface area contributed by atoms with E-state index in [9.17, 15) is 5.11 Å². The van der Waals surface area contributed by atoms with E-state index < -0.39 is 6.10 Å². The van der Waals surface area contributed by atoms with Crippen LogP contribution in [0.2, 0.25) is 0 Å². The van der Waals surface area contributed by atoms with E-state index in [4.69, 9.17) is 5.73 Å². The molecule has 5 heteroatoms. The molecule has 0 bridgehead atoms. The fourth-order valence-corrected chi connectivity index (χ4v) is 2.02. The van der Waals surface area contributed by atoms with Crippen molar-refractivity contribution in [3.05, 3.63) is 11.9 Å². The number of aromatic nitrogens is 3. The first kappa shape index (κ1) is 9.61. The van der Waals surface area contributed by atoms with Gasteiger partial charge in [-0.25, -0.2) is 0 Å². The highest BCUT2D eigenvalue weighted by Crippen LogP contribution is 2.48. The van der Waals surface area contributed by atoms with E-state index in [1.807, 2.05) is 0 Å². The Morgan fingerprint density at radius 3 is 2.79 bits per heavy atom. The second kappa shape index (κ2) is 3.33. The number of hydrogen-bond donors (Lipinski definition) is 2. The second-order valence-corrected chi connectivity index (χ2v) is 4.08. The Morgan fingerprint density at radius 1 is 1.71 bits per heavy atom. The van der Waals surface area contributed by atoms with Gasteiger partial charge in [0.1, 0.15) is 11.8 Å². The zero-order chi connectivity index (χ0) is 10.2. The summed E-state index contributed by atoms with van der Waals surface area (Å²) in [5.41, 5.74) is 6.19. The number of rotatable bonds is 3. The van der Waals surface area contributed by atoms with Crippen LogP contribution in [0.25, 0.3) is 0 Å². The zero-order valence-corrected chi connectivity index (χ0v) is 8.35. The van der Waals surface area contributed by atoms with Gasteiger partial charge in [-0.2, -0.15) is 15.0 Å². The van der Waals surface area contributed by atoms with Crippen LogP contribution < -0.4 is 5.73 Å². The van der Waals surface area contributed by atoms with Gasteiger partial charge in [-0.15, -0.1) is 0 Å². The number of nitrogens with two attached hydrogens (primary N) is 1. The number of aliphatic hydroxyl groups is 1. The van der Waals surface area contributed by atoms with Crippen molar-refractivity contribution < 1.29 is 5.11 Å². The molecule has 0 spiro atoms. The Labute approximate surface area is 82.9 Å². The fraction of sp³-hybridized carbons (Fsp3) is 0.778. The molecule has 1 aromatic heterocycles. The molecule has 1 heterocycles. The molecule has 3 N–H and O–H groups in total. The molecule has 0 saturated heterocycles. The smallest absolute Gasteiger partial charge is 0.112 e. The van der Waals surface area contributed by atoms with Crippen LogP contribution in [0.4, 0.5) is 0 Å². The van der Waals surface area contributed by atoms with E-state index >= 15 is 0 Å². The predicted molar refractivity (Wildman–Crippen MR) is 51.3 cm³/mol. The maximum atomic E-state index is 10.1. The van der Waals surface area contributed by atoms with Gasteiger partial charge >= 0.3 is 0 Å². The summed E-state index contributed by atoms with van der Waals surface area (Å²) in [5, 5.41) is 18.2. The minimum absolute atomic E-state index is 0.143. The molecular weight excluding hydrogens is 180 g/mol. The van der Waals surface area contributed by atoms with Crippen molar-refractivity contribution in [2.24, 2.45) is 18.2 Å². The molecule has 0 amide bonds. The number of hydrogen-bond acceptors (Lipinski definition) is 4. The summed E-state index contributed by atoms with van der Waals surface area (Å²) in [6.07, 6.45) is 4.17. The van der Waals surface area contributed by atoms with Crippen molar-refractivity contribution in [2.45, 2.75) is 25.4 Å². The van der Waals surface area contributed by atoms with Crippen molar-refractivity contribution in [1.29, 1.82) is 0 Å². The Morgan fingerprint density at radius 2 is 2.43 bits per heavy atom. The maximum Gasteiger partial charge on any atom is 0.112 e. The third-order valence-corrected chi connectivity index (χ3v) is 3.23. The van der Waals surface area contributed by atoms with Crippen molar-refractivity contribution in [3.63, 3.8) is 0 Å². The third-order valence-electron chi connectivity index (χ3n) is 3.23. The highest BCUT2D eigenvalue weighted by molar-refractivity contribution is 5.07. The van der Waals surface area contributed by atoms with E-state index in [0.717, 1.165) is 19.3 Å². The topological polar surface area (TPSA) is 77.0 Å². The molecule has 1 aromatic rings. The van der Waals surface area contributed by atoms with Gasteiger partial charge in [0, 0.05) is 19.0 Å². The summed E-state index contributed by atoms with van der Waals surface area (Å²) < 4.78 is 0. The summed E-state index contributed by atoms with van der Waals surface area (Å²) in [6.45, 7) is 0.519. The monoisotopic (exact) mass is 196 g/mol. The zero-order valence-electron chi connectivity index (χ0n) is 8.35. The Bertz CT molecular complexity index is 313. The van der Waals surface area contributed by atoms with E-state index in [1.165, 1.54) is 4.80 Å². The molecule has 1 aliphatic carbocycles. The van der Waals surface area contributed by atoms with Gasteiger partial charge in [-0.1, -0.05) is 6.42 Å². The first-order chi connectivity index (χ1) is 6.68. The quantitative estimate of drug-likeness (QED) is 0.712. The van der Waals surface area contributed by atoms with Crippen LogP contribution >= 0.6 is 0 Å². The summed E-state index contributed by atoms with van der Waals surface area (Å²) in [6, 6.07) is 0. The Balaban J connectivity index is 2.18. The van der Waals surface area contributed by atoms with Crippen LogP contribution in [-0.2, 0) is 7.05 Å². The highest BCUT2D eigenvalue weighted by Gasteiger charge is 2.44. The lowest BCUT2D eigenvalue weighted by atomic mass is 9.64. The van der Waals surface area contributed by atoms with E-state index in [2.05, 4.69) is 10.2 Å². The minimum atomic E-state index is -0.560. The van der Waals surface area contributed by atoms with Crippen LogP contribution in [0.3, 0.4) is 0 Å². The average Bonchev–Trinajstić information content (AvgIpc) is 2.50. The standard InChI is InChI=1S/C9H16N4O/c1-13-11-5-7(12-13)8(14)9(6-10)3-2-4-9/h5,8,14H,2-4,6,10H2,1H3. The van der Waals surface area contributed by atoms with E-state index in [0.29, 0.717) is 12.2 Å². The molecule has 1 saturated carbocycles. The van der Waals surface area contributed by atoms with Crippen molar-refractivity contribution >= 4 is 0 Å². The number of aryl methyl sites for hydroxylation is 1.